The molecule has 0 bridgehead atoms. The molecule has 6 nitrogen and oxygen atoms in total. The number of benzene rings is 2. The number of para-hydroxylation sites is 2. The third-order valence-electron chi connectivity index (χ3n) is 4.96. The molecular weight excluding hydrogens is 493 g/mol. The number of ether oxygens (including phenoxy) is 3. The van der Waals surface area contributed by atoms with E-state index in [4.69, 9.17) is 14.2 Å². The molecule has 1 unspecified atom stereocenters. The zero-order valence-corrected chi connectivity index (χ0v) is 20.1. The summed E-state index contributed by atoms with van der Waals surface area (Å²) in [6, 6.07) is 17.9. The minimum atomic E-state index is 0. The zero-order chi connectivity index (χ0) is 20.3. The molecule has 0 saturated carbocycles. The molecule has 30 heavy (non-hydrogen) atoms. The highest BCUT2D eigenvalue weighted by molar-refractivity contribution is 14.0. The summed E-state index contributed by atoms with van der Waals surface area (Å²) < 4.78 is 16.8. The summed E-state index contributed by atoms with van der Waals surface area (Å²) in [4.78, 5) is 6.77. The normalized spacial score (nSPS) is 16.3. The number of nitrogens with one attached hydrogen (secondary N) is 1. The van der Waals surface area contributed by atoms with E-state index in [-0.39, 0.29) is 24.0 Å². The van der Waals surface area contributed by atoms with Gasteiger partial charge in [-0.2, -0.15) is 0 Å². The maximum atomic E-state index is 6.06. The molecule has 0 aromatic heterocycles. The summed E-state index contributed by atoms with van der Waals surface area (Å²) in [6.45, 7) is 4.66. The molecule has 7 heteroatoms. The van der Waals surface area contributed by atoms with Crippen LogP contribution >= 0.6 is 24.0 Å². The van der Waals surface area contributed by atoms with Crippen LogP contribution in [0.3, 0.4) is 0 Å². The van der Waals surface area contributed by atoms with Crippen LogP contribution in [0.25, 0.3) is 0 Å². The Balaban J connectivity index is 0.00000320. The summed E-state index contributed by atoms with van der Waals surface area (Å²) in [5.74, 6) is 3.13. The summed E-state index contributed by atoms with van der Waals surface area (Å²) in [5.41, 5.74) is 1.09. The van der Waals surface area contributed by atoms with Gasteiger partial charge in [-0.25, -0.2) is 0 Å². The molecule has 1 fully saturated rings. The summed E-state index contributed by atoms with van der Waals surface area (Å²) in [7, 11) is 3.52. The predicted octanol–water partition coefficient (Wildman–Crippen LogP) is 4.16. The van der Waals surface area contributed by atoms with Gasteiger partial charge in [0.25, 0.3) is 0 Å². The second-order valence-electron chi connectivity index (χ2n) is 7.09. The Labute approximate surface area is 196 Å². The topological polar surface area (TPSA) is 55.3 Å². The van der Waals surface area contributed by atoms with E-state index in [0.717, 1.165) is 49.1 Å². The number of aliphatic imine (C=N–C) groups is 1. The van der Waals surface area contributed by atoms with E-state index in [9.17, 15) is 0 Å². The van der Waals surface area contributed by atoms with Gasteiger partial charge in [-0.3, -0.25) is 4.99 Å². The third-order valence-corrected chi connectivity index (χ3v) is 4.96. The van der Waals surface area contributed by atoms with Gasteiger partial charge in [0, 0.05) is 45.3 Å². The van der Waals surface area contributed by atoms with Gasteiger partial charge >= 0.3 is 0 Å². The van der Waals surface area contributed by atoms with Crippen molar-refractivity contribution in [2.24, 2.45) is 10.9 Å². The molecule has 1 heterocycles. The fourth-order valence-electron chi connectivity index (χ4n) is 3.42. The second kappa shape index (κ2) is 13.5. The lowest BCUT2D eigenvalue weighted by molar-refractivity contribution is 0.0536. The van der Waals surface area contributed by atoms with Crippen LogP contribution in [0.5, 0.6) is 11.5 Å². The van der Waals surface area contributed by atoms with Gasteiger partial charge in [0.05, 0.1) is 19.8 Å². The number of hydrogen-bond donors (Lipinski definition) is 1. The first kappa shape index (κ1) is 24.4. The van der Waals surface area contributed by atoms with Crippen molar-refractivity contribution in [3.63, 3.8) is 0 Å². The Bertz CT molecular complexity index is 773. The molecule has 1 atom stereocenters. The van der Waals surface area contributed by atoms with Crippen LogP contribution in [0, 0.1) is 5.92 Å². The number of rotatable bonds is 9. The van der Waals surface area contributed by atoms with E-state index in [2.05, 4.69) is 21.3 Å². The number of guanidine groups is 1. The van der Waals surface area contributed by atoms with E-state index in [1.807, 2.05) is 55.6 Å². The lowest BCUT2D eigenvalue weighted by atomic mass is 10.1. The fraction of sp³-hybridized carbons (Fsp3) is 0.435. The van der Waals surface area contributed by atoms with Crippen LogP contribution in [0.15, 0.2) is 59.6 Å². The Hall–Kier alpha value is -1.84. The fourth-order valence-corrected chi connectivity index (χ4v) is 3.42. The maximum Gasteiger partial charge on any atom is 0.193 e. The molecule has 164 valence electrons. The van der Waals surface area contributed by atoms with Gasteiger partial charge in [0.1, 0.15) is 11.5 Å². The smallest absolute Gasteiger partial charge is 0.193 e. The van der Waals surface area contributed by atoms with Crippen LogP contribution in [0.4, 0.5) is 0 Å². The molecule has 1 aliphatic heterocycles. The van der Waals surface area contributed by atoms with Crippen LogP contribution in [-0.2, 0) is 16.0 Å². The van der Waals surface area contributed by atoms with Gasteiger partial charge in [-0.05, 0) is 24.6 Å². The van der Waals surface area contributed by atoms with E-state index in [1.54, 1.807) is 7.11 Å². The molecule has 3 rings (SSSR count). The molecule has 0 radical (unpaired) electrons. The number of nitrogens with zero attached hydrogens (tertiary/aromatic N) is 2. The van der Waals surface area contributed by atoms with Crippen molar-refractivity contribution in [3.05, 3.63) is 60.2 Å². The van der Waals surface area contributed by atoms with Crippen molar-refractivity contribution >= 4 is 29.9 Å². The molecule has 1 N–H and O–H groups in total. The second-order valence-corrected chi connectivity index (χ2v) is 7.09. The monoisotopic (exact) mass is 525 g/mol. The molecule has 0 aliphatic carbocycles. The van der Waals surface area contributed by atoms with Crippen molar-refractivity contribution in [1.82, 2.24) is 10.2 Å². The highest BCUT2D eigenvalue weighted by atomic mass is 127. The predicted molar refractivity (Wildman–Crippen MR) is 131 cm³/mol. The van der Waals surface area contributed by atoms with Crippen molar-refractivity contribution in [2.45, 2.75) is 13.0 Å². The Morgan fingerprint density at radius 3 is 2.63 bits per heavy atom. The third kappa shape index (κ3) is 7.45. The largest absolute Gasteiger partial charge is 0.457 e. The van der Waals surface area contributed by atoms with Crippen LogP contribution in [0.1, 0.15) is 12.0 Å². The lowest BCUT2D eigenvalue weighted by Crippen LogP contribution is -2.39. The molecular formula is C23H32IN3O3. The minimum Gasteiger partial charge on any atom is -0.457 e. The highest BCUT2D eigenvalue weighted by Gasteiger charge is 2.25. The first-order chi connectivity index (χ1) is 14.3. The first-order valence-corrected chi connectivity index (χ1v) is 10.1. The molecule has 0 amide bonds. The van der Waals surface area contributed by atoms with E-state index in [1.165, 1.54) is 0 Å². The lowest BCUT2D eigenvalue weighted by Gasteiger charge is -2.22. The molecule has 1 saturated heterocycles. The number of likely N-dealkylation sites (tertiary alicyclic amines) is 1. The van der Waals surface area contributed by atoms with Crippen molar-refractivity contribution in [2.75, 3.05) is 47.1 Å². The maximum absolute atomic E-state index is 6.06. The summed E-state index contributed by atoms with van der Waals surface area (Å²) >= 11 is 0. The van der Waals surface area contributed by atoms with Gasteiger partial charge < -0.3 is 24.4 Å². The van der Waals surface area contributed by atoms with E-state index in [0.29, 0.717) is 25.7 Å². The molecule has 0 spiro atoms. The van der Waals surface area contributed by atoms with Crippen molar-refractivity contribution in [3.8, 4) is 11.5 Å². The Morgan fingerprint density at radius 2 is 1.87 bits per heavy atom. The van der Waals surface area contributed by atoms with Crippen LogP contribution in [0.2, 0.25) is 0 Å². The number of halogens is 1. The van der Waals surface area contributed by atoms with E-state index >= 15 is 0 Å². The van der Waals surface area contributed by atoms with Gasteiger partial charge in [0.15, 0.2) is 5.96 Å². The Morgan fingerprint density at radius 1 is 1.10 bits per heavy atom. The van der Waals surface area contributed by atoms with Crippen LogP contribution < -0.4 is 10.1 Å². The average Bonchev–Trinajstić information content (AvgIpc) is 3.22. The average molecular weight is 525 g/mol. The minimum absolute atomic E-state index is 0. The summed E-state index contributed by atoms with van der Waals surface area (Å²) in [5, 5.41) is 3.49. The van der Waals surface area contributed by atoms with Gasteiger partial charge in [0.2, 0.25) is 0 Å². The van der Waals surface area contributed by atoms with E-state index < -0.39 is 0 Å². The SMILES string of the molecule is CN=C(NCc1ccccc1Oc1ccccc1)N1CCC(COCCOC)C1.I. The quantitative estimate of drug-likeness (QED) is 0.231. The van der Waals surface area contributed by atoms with Crippen LogP contribution in [-0.4, -0.2) is 57.9 Å². The Kier molecular flexibility index (Phi) is 11.0. The first-order valence-electron chi connectivity index (χ1n) is 10.1. The van der Waals surface area contributed by atoms with Gasteiger partial charge in [-0.1, -0.05) is 36.4 Å². The summed E-state index contributed by atoms with van der Waals surface area (Å²) in [6.07, 6.45) is 1.11. The van der Waals surface area contributed by atoms with Crippen molar-refractivity contribution in [1.29, 1.82) is 0 Å². The van der Waals surface area contributed by atoms with Gasteiger partial charge in [-0.15, -0.1) is 24.0 Å². The molecule has 2 aromatic rings. The van der Waals surface area contributed by atoms with Crippen molar-refractivity contribution < 1.29 is 14.2 Å². The highest BCUT2D eigenvalue weighted by Crippen LogP contribution is 2.25. The molecule has 1 aliphatic rings. The molecule has 2 aromatic carbocycles. The number of methoxy groups -OCH3 is 1. The number of hydrogen-bond acceptors (Lipinski definition) is 4. The zero-order valence-electron chi connectivity index (χ0n) is 17.8. The standard InChI is InChI=1S/C23H31N3O3.HI/c1-24-23(26-13-12-19(17-26)18-28-15-14-27-2)25-16-20-8-6-7-11-22(20)29-21-9-4-3-5-10-21;/h3-11,19H,12-18H2,1-2H3,(H,24,25);1H.